The van der Waals surface area contributed by atoms with Gasteiger partial charge in [-0.3, -0.25) is 33.3 Å². The number of nitrogens with one attached hydrogen (secondary N) is 2. The van der Waals surface area contributed by atoms with E-state index >= 15 is 0 Å². The van der Waals surface area contributed by atoms with Crippen molar-refractivity contribution in [3.63, 3.8) is 0 Å². The summed E-state index contributed by atoms with van der Waals surface area (Å²) in [7, 11) is -5.56. The molecule has 0 saturated carbocycles. The molecule has 1 fully saturated rings. The van der Waals surface area contributed by atoms with Crippen molar-refractivity contribution >= 4 is 49.5 Å². The summed E-state index contributed by atoms with van der Waals surface area (Å²) in [6.45, 7) is 10.9. The van der Waals surface area contributed by atoms with E-state index in [9.17, 15) is 58.1 Å². The fourth-order valence-corrected chi connectivity index (χ4v) is 13.4. The van der Waals surface area contributed by atoms with Gasteiger partial charge >= 0.3 is 37.7 Å². The van der Waals surface area contributed by atoms with E-state index in [-0.39, 0.29) is 32.1 Å². The third-order valence-electron chi connectivity index (χ3n) is 18.7. The van der Waals surface area contributed by atoms with Crippen molar-refractivity contribution < 1.29 is 91.1 Å². The number of phosphoric ester groups is 1. The van der Waals surface area contributed by atoms with Crippen molar-refractivity contribution in [1.82, 2.24) is 10.6 Å². The Morgan fingerprint density at radius 3 is 1.07 bits per heavy atom. The van der Waals surface area contributed by atoms with E-state index < -0.39 is 131 Å². The highest BCUT2D eigenvalue weighted by atomic mass is 31.2. The Bertz CT molecular complexity index is 2100. The van der Waals surface area contributed by atoms with E-state index in [1.165, 1.54) is 44.9 Å². The number of hydrogen-bond acceptors (Lipinski definition) is 16. The second kappa shape index (κ2) is 62.8. The van der Waals surface area contributed by atoms with Gasteiger partial charge in [-0.1, -0.05) is 286 Å². The quantitative estimate of drug-likeness (QED) is 0.0143. The zero-order chi connectivity index (χ0) is 73.0. The minimum absolute atomic E-state index is 0.124. The first-order chi connectivity index (χ1) is 47.8. The van der Waals surface area contributed by atoms with Crippen molar-refractivity contribution in [1.29, 1.82) is 0 Å². The second-order valence-electron chi connectivity index (χ2n) is 28.1. The van der Waals surface area contributed by atoms with Gasteiger partial charge in [0.2, 0.25) is 11.8 Å². The van der Waals surface area contributed by atoms with Crippen LogP contribution in [0.4, 0.5) is 0 Å². The molecule has 0 aliphatic carbocycles. The molecule has 0 unspecified atom stereocenters. The average Bonchev–Trinajstić information content (AvgIpc) is 0.785. The maximum atomic E-state index is 14.8. The number of hydrogen-bond donors (Lipinski definition) is 6. The average molecular weight is 1430 g/mol. The molecule has 0 bridgehead atoms. The SMILES string of the molecule is CCCCCCCCCCC[C@H](CC(=O)N[C@H]1[C@H](OC[C@H](NC(=O)C[C@@H](CCCCCCCCCCC)OC(=O)CCCCC)C(=O)O)O[C@H](CO)[C@@H](OP(=O)(O)O)[C@@H]1OC(=O)C[C@@H](CCCCCCCCCCC)OC(=O)CCCCCCCCC)OC(=O)CCCCCCCCC. The van der Waals surface area contributed by atoms with E-state index in [4.69, 9.17) is 32.9 Å². The number of ether oxygens (including phenoxy) is 6. The predicted molar refractivity (Wildman–Crippen MR) is 388 cm³/mol. The Hall–Kier alpha value is -3.72. The maximum absolute atomic E-state index is 14.8. The van der Waals surface area contributed by atoms with Crippen LogP contribution in [0.25, 0.3) is 0 Å². The second-order valence-corrected chi connectivity index (χ2v) is 29.3. The summed E-state index contributed by atoms with van der Waals surface area (Å²) in [5.74, 6) is -5.57. The van der Waals surface area contributed by atoms with Crippen LogP contribution in [0.3, 0.4) is 0 Å². The Morgan fingerprint density at radius 1 is 0.414 bits per heavy atom. The molecular formula is C77H143N2O19P. The summed E-state index contributed by atoms with van der Waals surface area (Å²) in [4.78, 5) is 117. The molecule has 21 nitrogen and oxygen atoms in total. The number of carboxylic acids is 1. The number of aliphatic hydroxyl groups excluding tert-OH is 1. The van der Waals surface area contributed by atoms with Crippen molar-refractivity contribution in [2.75, 3.05) is 13.2 Å². The number of amides is 2. The number of carboxylic acid groups (broad SMARTS) is 1. The summed E-state index contributed by atoms with van der Waals surface area (Å²) in [5.41, 5.74) is 0. The third kappa shape index (κ3) is 52.0. The van der Waals surface area contributed by atoms with E-state index in [2.05, 4.69) is 45.3 Å². The van der Waals surface area contributed by atoms with E-state index in [1.807, 2.05) is 6.92 Å². The molecule has 0 aromatic heterocycles. The molecule has 1 aliphatic heterocycles. The lowest BCUT2D eigenvalue weighted by Crippen LogP contribution is -2.66. The highest BCUT2D eigenvalue weighted by molar-refractivity contribution is 7.46. The van der Waals surface area contributed by atoms with Crippen molar-refractivity contribution in [3.05, 3.63) is 0 Å². The molecule has 0 aromatic carbocycles. The fourth-order valence-electron chi connectivity index (χ4n) is 12.8. The number of aliphatic carboxylic acids is 1. The van der Waals surface area contributed by atoms with Crippen molar-refractivity contribution in [2.45, 2.75) is 437 Å². The number of unbranched alkanes of at least 4 members (excludes halogenated alkanes) is 38. The van der Waals surface area contributed by atoms with Gasteiger partial charge < -0.3 is 59.1 Å². The number of rotatable bonds is 69. The van der Waals surface area contributed by atoms with Crippen molar-refractivity contribution in [3.8, 4) is 0 Å². The summed E-state index contributed by atoms with van der Waals surface area (Å²) in [5, 5.41) is 26.8. The lowest BCUT2D eigenvalue weighted by molar-refractivity contribution is -0.272. The number of carbonyl (C=O) groups excluding carboxylic acids is 6. The number of phosphoric acid groups is 1. The minimum atomic E-state index is -5.56. The Balaban J connectivity index is 3.84. The van der Waals surface area contributed by atoms with Gasteiger partial charge in [-0.15, -0.1) is 0 Å². The Kier molecular flexibility index (Phi) is 59.2. The van der Waals surface area contributed by atoms with Crippen LogP contribution in [0.2, 0.25) is 0 Å². The Morgan fingerprint density at radius 2 is 0.727 bits per heavy atom. The largest absolute Gasteiger partial charge is 0.480 e. The van der Waals surface area contributed by atoms with Gasteiger partial charge in [0.1, 0.15) is 36.6 Å². The van der Waals surface area contributed by atoms with E-state index in [0.717, 1.165) is 199 Å². The molecule has 0 spiro atoms. The molecule has 9 atom stereocenters. The predicted octanol–water partition coefficient (Wildman–Crippen LogP) is 17.7. The van der Waals surface area contributed by atoms with Crippen LogP contribution in [0.1, 0.15) is 382 Å². The fraction of sp³-hybridized carbons (Fsp3) is 0.909. The van der Waals surface area contributed by atoms with Gasteiger partial charge in [0.25, 0.3) is 0 Å². The van der Waals surface area contributed by atoms with Crippen LogP contribution in [-0.4, -0.2) is 130 Å². The molecule has 22 heteroatoms. The van der Waals surface area contributed by atoms with Crippen LogP contribution in [0.15, 0.2) is 0 Å². The monoisotopic (exact) mass is 1430 g/mol. The van der Waals surface area contributed by atoms with Crippen LogP contribution in [-0.2, 0) is 71.1 Å². The van der Waals surface area contributed by atoms with Gasteiger partial charge in [-0.2, -0.15) is 0 Å². The van der Waals surface area contributed by atoms with Crippen molar-refractivity contribution in [2.24, 2.45) is 0 Å². The van der Waals surface area contributed by atoms with Crippen LogP contribution in [0, 0.1) is 0 Å². The number of aliphatic hydroxyl groups is 1. The zero-order valence-electron chi connectivity index (χ0n) is 62.9. The molecule has 580 valence electrons. The molecule has 6 N–H and O–H groups in total. The lowest BCUT2D eigenvalue weighted by Gasteiger charge is -2.45. The smallest absolute Gasteiger partial charge is 0.470 e. The zero-order valence-corrected chi connectivity index (χ0v) is 63.8. The van der Waals surface area contributed by atoms with Gasteiger partial charge in [-0.05, 0) is 57.8 Å². The van der Waals surface area contributed by atoms with Crippen LogP contribution in [0.5, 0.6) is 0 Å². The topological polar surface area (TPSA) is 306 Å². The Labute approximate surface area is 598 Å². The van der Waals surface area contributed by atoms with Crippen LogP contribution < -0.4 is 10.6 Å². The van der Waals surface area contributed by atoms with Gasteiger partial charge in [-0.25, -0.2) is 9.36 Å². The first-order valence-electron chi connectivity index (χ1n) is 40.1. The van der Waals surface area contributed by atoms with Gasteiger partial charge in [0, 0.05) is 19.3 Å². The third-order valence-corrected chi connectivity index (χ3v) is 19.2. The molecule has 1 heterocycles. The van der Waals surface area contributed by atoms with Gasteiger partial charge in [0.05, 0.1) is 32.5 Å². The molecule has 2 amide bonds. The number of esters is 4. The summed E-state index contributed by atoms with van der Waals surface area (Å²) in [6.07, 6.45) is 33.4. The molecular weight excluding hydrogens is 1290 g/mol. The number of carbonyl (C=O) groups is 7. The molecule has 1 saturated heterocycles. The van der Waals surface area contributed by atoms with Crippen LogP contribution >= 0.6 is 7.82 Å². The highest BCUT2D eigenvalue weighted by Crippen LogP contribution is 2.42. The normalized spacial score (nSPS) is 17.5. The lowest BCUT2D eigenvalue weighted by atomic mass is 9.95. The molecule has 1 aliphatic rings. The first-order valence-corrected chi connectivity index (χ1v) is 41.6. The summed E-state index contributed by atoms with van der Waals surface area (Å²) >= 11 is 0. The van der Waals surface area contributed by atoms with E-state index in [1.54, 1.807) is 0 Å². The van der Waals surface area contributed by atoms with E-state index in [0.29, 0.717) is 51.4 Å². The summed E-state index contributed by atoms with van der Waals surface area (Å²) in [6, 6.07) is -3.59. The summed E-state index contributed by atoms with van der Waals surface area (Å²) < 4.78 is 54.6. The first kappa shape index (κ1) is 93.3. The van der Waals surface area contributed by atoms with Gasteiger partial charge in [0.15, 0.2) is 18.4 Å². The molecule has 0 radical (unpaired) electrons. The molecule has 1 rings (SSSR count). The maximum Gasteiger partial charge on any atom is 0.470 e. The molecule has 99 heavy (non-hydrogen) atoms. The highest BCUT2D eigenvalue weighted by Gasteiger charge is 2.52. The minimum Gasteiger partial charge on any atom is -0.480 e. The molecule has 0 aromatic rings. The standard InChI is InChI=1S/C77H143N2O19P/c1-7-13-19-24-29-32-37-40-46-51-62(93-69(83)54-45-18-12-6)57-67(81)78-65(76(87)88)61-92-77-73(79-68(82)58-63(52-47-41-38-33-30-25-20-14-8-2)94-70(84)55-49-43-35-27-22-16-10-4)75(74(66(60-80)96-77)98-99(89,90)91)97-72(86)59-64(53-48-42-39-34-31-26-21-15-9-3)95-71(85)56-50-44-36-28-23-17-11-5/h62-66,73-75,77,80H,7-61H2,1-6H3,(H,78,81)(H,79,82)(H,87,88)(H2,89,90,91)/t62-,63-,64-,65+,66-,73-,74-,75-,77-/m1/s1.